The number of benzene rings is 2. The maximum atomic E-state index is 13.6. The lowest BCUT2D eigenvalue weighted by atomic mass is 10.0. The van der Waals surface area contributed by atoms with Crippen LogP contribution >= 0.6 is 0 Å². The fourth-order valence-corrected chi connectivity index (χ4v) is 2.77. The molecule has 0 atom stereocenters. The average Bonchev–Trinajstić information content (AvgIpc) is 2.62. The van der Waals surface area contributed by atoms with Crippen LogP contribution in [0.4, 0.5) is 10.1 Å². The molecular formula is C19H20FNO2. The number of ether oxygens (including phenoxy) is 1. The van der Waals surface area contributed by atoms with Gasteiger partial charge in [0.15, 0.2) is 5.78 Å². The van der Waals surface area contributed by atoms with E-state index in [1.165, 1.54) is 6.07 Å². The number of halogens is 1. The van der Waals surface area contributed by atoms with Gasteiger partial charge in [-0.25, -0.2) is 4.39 Å². The van der Waals surface area contributed by atoms with E-state index in [1.54, 1.807) is 18.2 Å². The van der Waals surface area contributed by atoms with E-state index in [9.17, 15) is 9.18 Å². The number of rotatable bonds is 5. The van der Waals surface area contributed by atoms with E-state index in [4.69, 9.17) is 4.74 Å². The molecule has 1 aliphatic heterocycles. The van der Waals surface area contributed by atoms with Gasteiger partial charge in [0.2, 0.25) is 0 Å². The van der Waals surface area contributed by atoms with Crippen LogP contribution < -0.4 is 4.90 Å². The zero-order valence-electron chi connectivity index (χ0n) is 13.0. The van der Waals surface area contributed by atoms with E-state index in [0.29, 0.717) is 24.0 Å². The molecule has 3 nitrogen and oxygen atoms in total. The minimum atomic E-state index is -0.247. The first-order valence-corrected chi connectivity index (χ1v) is 7.93. The number of hydrogen-bond acceptors (Lipinski definition) is 3. The Labute approximate surface area is 135 Å². The number of aryl methyl sites for hydroxylation is 1. The quantitative estimate of drug-likeness (QED) is 0.792. The Hall–Kier alpha value is -2.20. The van der Waals surface area contributed by atoms with Crippen molar-refractivity contribution in [1.29, 1.82) is 0 Å². The van der Waals surface area contributed by atoms with E-state index in [-0.39, 0.29) is 11.6 Å². The minimum Gasteiger partial charge on any atom is -0.378 e. The number of nitrogens with zero attached hydrogens (tertiary/aromatic N) is 1. The fraction of sp³-hybridized carbons (Fsp3) is 0.316. The number of anilines is 1. The summed E-state index contributed by atoms with van der Waals surface area (Å²) in [4.78, 5) is 14.5. The van der Waals surface area contributed by atoms with Crippen LogP contribution in [0.15, 0.2) is 48.5 Å². The van der Waals surface area contributed by atoms with E-state index in [0.717, 1.165) is 32.0 Å². The highest BCUT2D eigenvalue weighted by Crippen LogP contribution is 2.18. The second-order valence-electron chi connectivity index (χ2n) is 5.66. The Morgan fingerprint density at radius 3 is 2.43 bits per heavy atom. The summed E-state index contributed by atoms with van der Waals surface area (Å²) in [5, 5.41) is 0. The van der Waals surface area contributed by atoms with E-state index in [1.807, 2.05) is 24.3 Å². The van der Waals surface area contributed by atoms with Crippen molar-refractivity contribution in [2.24, 2.45) is 0 Å². The second-order valence-corrected chi connectivity index (χ2v) is 5.66. The summed E-state index contributed by atoms with van der Waals surface area (Å²) in [6, 6.07) is 14.3. The van der Waals surface area contributed by atoms with Crippen molar-refractivity contribution >= 4 is 11.5 Å². The van der Waals surface area contributed by atoms with Crippen LogP contribution in [-0.2, 0) is 11.2 Å². The number of carbonyl (C=O) groups is 1. The molecule has 1 heterocycles. The van der Waals surface area contributed by atoms with Gasteiger partial charge in [0.1, 0.15) is 5.82 Å². The molecule has 2 aromatic carbocycles. The van der Waals surface area contributed by atoms with Gasteiger partial charge in [0, 0.05) is 30.8 Å². The average molecular weight is 313 g/mol. The Bertz CT molecular complexity index is 663. The van der Waals surface area contributed by atoms with Crippen LogP contribution in [0.5, 0.6) is 0 Å². The van der Waals surface area contributed by atoms with E-state index >= 15 is 0 Å². The summed E-state index contributed by atoms with van der Waals surface area (Å²) in [5.41, 5.74) is 2.38. The third kappa shape index (κ3) is 3.96. The Morgan fingerprint density at radius 2 is 1.74 bits per heavy atom. The molecule has 3 rings (SSSR count). The zero-order valence-corrected chi connectivity index (χ0v) is 13.0. The van der Waals surface area contributed by atoms with Gasteiger partial charge in [-0.15, -0.1) is 0 Å². The molecule has 0 saturated carbocycles. The standard InChI is InChI=1S/C19H20FNO2/c20-18-4-2-1-3-15(18)7-10-19(22)16-5-8-17(9-6-16)21-11-13-23-14-12-21/h1-6,8-9H,7,10-14H2. The molecule has 0 spiro atoms. The maximum Gasteiger partial charge on any atom is 0.163 e. The molecule has 0 unspecified atom stereocenters. The predicted octanol–water partition coefficient (Wildman–Crippen LogP) is 3.48. The third-order valence-electron chi connectivity index (χ3n) is 4.14. The van der Waals surface area contributed by atoms with Crippen molar-refractivity contribution in [3.63, 3.8) is 0 Å². The summed E-state index contributed by atoms with van der Waals surface area (Å²) in [6.07, 6.45) is 0.745. The van der Waals surface area contributed by atoms with Crippen LogP contribution in [-0.4, -0.2) is 32.1 Å². The van der Waals surface area contributed by atoms with Gasteiger partial charge in [-0.3, -0.25) is 4.79 Å². The first-order chi connectivity index (χ1) is 11.2. The van der Waals surface area contributed by atoms with Gasteiger partial charge in [0.25, 0.3) is 0 Å². The number of ketones is 1. The van der Waals surface area contributed by atoms with Crippen molar-refractivity contribution in [2.45, 2.75) is 12.8 Å². The molecule has 1 fully saturated rings. The van der Waals surface area contributed by atoms with Crippen LogP contribution in [0, 0.1) is 5.82 Å². The van der Waals surface area contributed by atoms with Crippen LogP contribution in [0.25, 0.3) is 0 Å². The number of morpholine rings is 1. The molecule has 1 saturated heterocycles. The smallest absolute Gasteiger partial charge is 0.163 e. The molecule has 120 valence electrons. The summed E-state index contributed by atoms with van der Waals surface area (Å²) < 4.78 is 18.9. The molecule has 0 amide bonds. The highest BCUT2D eigenvalue weighted by atomic mass is 19.1. The molecule has 4 heteroatoms. The molecule has 0 aromatic heterocycles. The van der Waals surface area contributed by atoms with Gasteiger partial charge in [-0.1, -0.05) is 18.2 Å². The topological polar surface area (TPSA) is 29.5 Å². The van der Waals surface area contributed by atoms with Gasteiger partial charge in [-0.05, 0) is 42.3 Å². The van der Waals surface area contributed by atoms with E-state index < -0.39 is 0 Å². The second kappa shape index (κ2) is 7.38. The fourth-order valence-electron chi connectivity index (χ4n) is 2.77. The normalized spacial score (nSPS) is 14.7. The SMILES string of the molecule is O=C(CCc1ccccc1F)c1ccc(N2CCOCC2)cc1. The van der Waals surface area contributed by atoms with Gasteiger partial charge < -0.3 is 9.64 Å². The van der Waals surface area contributed by atoms with Crippen molar-refractivity contribution in [1.82, 2.24) is 0 Å². The highest BCUT2D eigenvalue weighted by molar-refractivity contribution is 5.96. The summed E-state index contributed by atoms with van der Waals surface area (Å²) in [5.74, 6) is -0.204. The molecular weight excluding hydrogens is 293 g/mol. The van der Waals surface area contributed by atoms with Crippen LogP contribution in [0.1, 0.15) is 22.3 Å². The van der Waals surface area contributed by atoms with Crippen molar-refractivity contribution < 1.29 is 13.9 Å². The summed E-state index contributed by atoms with van der Waals surface area (Å²) >= 11 is 0. The van der Waals surface area contributed by atoms with Gasteiger partial charge in [-0.2, -0.15) is 0 Å². The van der Waals surface area contributed by atoms with Crippen molar-refractivity contribution in [2.75, 3.05) is 31.2 Å². The monoisotopic (exact) mass is 313 g/mol. The predicted molar refractivity (Wildman–Crippen MR) is 88.5 cm³/mol. The third-order valence-corrected chi connectivity index (χ3v) is 4.14. The Morgan fingerprint density at radius 1 is 1.04 bits per heavy atom. The van der Waals surface area contributed by atoms with E-state index in [2.05, 4.69) is 4.90 Å². The molecule has 0 aliphatic carbocycles. The van der Waals surface area contributed by atoms with Crippen molar-refractivity contribution in [3.05, 3.63) is 65.5 Å². The molecule has 23 heavy (non-hydrogen) atoms. The highest BCUT2D eigenvalue weighted by Gasteiger charge is 2.12. The summed E-state index contributed by atoms with van der Waals surface area (Å²) in [6.45, 7) is 3.23. The first-order valence-electron chi connectivity index (χ1n) is 7.93. The Balaban J connectivity index is 1.60. The number of carbonyl (C=O) groups excluding carboxylic acids is 1. The van der Waals surface area contributed by atoms with Crippen LogP contribution in [0.3, 0.4) is 0 Å². The van der Waals surface area contributed by atoms with Gasteiger partial charge in [0.05, 0.1) is 13.2 Å². The molecule has 0 bridgehead atoms. The lowest BCUT2D eigenvalue weighted by molar-refractivity contribution is 0.0982. The minimum absolute atomic E-state index is 0.0433. The molecule has 2 aromatic rings. The lowest BCUT2D eigenvalue weighted by Crippen LogP contribution is -2.36. The molecule has 0 N–H and O–H groups in total. The number of hydrogen-bond donors (Lipinski definition) is 0. The number of Topliss-reactive ketones (excluding diaryl/α,β-unsaturated/α-hetero) is 1. The molecule has 0 radical (unpaired) electrons. The maximum absolute atomic E-state index is 13.6. The van der Waals surface area contributed by atoms with Crippen molar-refractivity contribution in [3.8, 4) is 0 Å². The summed E-state index contributed by atoms with van der Waals surface area (Å²) in [7, 11) is 0. The van der Waals surface area contributed by atoms with Crippen LogP contribution in [0.2, 0.25) is 0 Å². The Kier molecular flexibility index (Phi) is 5.03. The zero-order chi connectivity index (χ0) is 16.1. The lowest BCUT2D eigenvalue weighted by Gasteiger charge is -2.28. The molecule has 1 aliphatic rings. The van der Waals surface area contributed by atoms with Gasteiger partial charge >= 0.3 is 0 Å². The first kappa shape index (κ1) is 15.7. The largest absolute Gasteiger partial charge is 0.378 e.